The van der Waals surface area contributed by atoms with Crippen LogP contribution in [0.25, 0.3) is 0 Å². The third kappa shape index (κ3) is 1.92. The molecule has 12 heavy (non-hydrogen) atoms. The van der Waals surface area contributed by atoms with E-state index < -0.39 is 12.8 Å². The first-order valence-electron chi connectivity index (χ1n) is 3.02. The van der Waals surface area contributed by atoms with Crippen molar-refractivity contribution in [2.75, 3.05) is 11.5 Å². The Morgan fingerprint density at radius 3 is 1.92 bits per heavy atom. The van der Waals surface area contributed by atoms with E-state index in [0.717, 1.165) is 4.35 Å². The summed E-state index contributed by atoms with van der Waals surface area (Å²) >= 11 is -1.99. The Labute approximate surface area is 82.8 Å². The van der Waals surface area contributed by atoms with Crippen LogP contribution in [0.1, 0.15) is 0 Å². The molecule has 3 nitrogen and oxygen atoms in total. The van der Waals surface area contributed by atoms with Crippen LogP contribution in [0.4, 0.5) is 11.4 Å². The Balaban J connectivity index is 3.21. The Morgan fingerprint density at radius 1 is 1.17 bits per heavy atom. The normalized spacial score (nSPS) is 10.6. The molecule has 0 aromatic heterocycles. The van der Waals surface area contributed by atoms with E-state index in [0.29, 0.717) is 0 Å². The van der Waals surface area contributed by atoms with Gasteiger partial charge in [0.25, 0.3) is 0 Å². The molecule has 0 aliphatic heterocycles. The van der Waals surface area contributed by atoms with Crippen LogP contribution in [0.5, 0.6) is 5.75 Å². The van der Waals surface area contributed by atoms with E-state index in [1.807, 2.05) is 0 Å². The number of nitrogen functional groups attached to an aromatic ring is 2. The first kappa shape index (κ1) is 9.84. The predicted octanol–water partition coefficient (Wildman–Crippen LogP) is 0.729. The number of benzene rings is 1. The molecular formula is C6H7AsCl2N2O. The molecule has 0 atom stereocenters. The van der Waals surface area contributed by atoms with E-state index >= 15 is 0 Å². The number of halogens is 2. The van der Waals surface area contributed by atoms with Gasteiger partial charge in [-0.2, -0.15) is 0 Å². The summed E-state index contributed by atoms with van der Waals surface area (Å²) in [6, 6.07) is 3.09. The van der Waals surface area contributed by atoms with Gasteiger partial charge in [-0.3, -0.25) is 0 Å². The fourth-order valence-corrected chi connectivity index (χ4v) is 2.77. The molecule has 0 radical (unpaired) electrons. The maximum absolute atomic E-state index is 9.19. The standard InChI is InChI=1S/C6H7AsCl2N2O/c8-7(9)3-1-4(10)6(12)5(11)2-3/h1-2,12H,10-11H2. The van der Waals surface area contributed by atoms with Crippen LogP contribution < -0.4 is 15.8 Å². The zero-order valence-electron chi connectivity index (χ0n) is 5.96. The summed E-state index contributed by atoms with van der Waals surface area (Å²) in [5.74, 6) is -0.108. The van der Waals surface area contributed by atoms with Crippen LogP contribution in [0.2, 0.25) is 0 Å². The van der Waals surface area contributed by atoms with Crippen LogP contribution in [0.15, 0.2) is 12.1 Å². The summed E-state index contributed by atoms with van der Waals surface area (Å²) in [7, 11) is 11.4. The second-order valence-corrected chi connectivity index (χ2v) is 8.68. The predicted molar refractivity (Wildman–Crippen MR) is 54.0 cm³/mol. The van der Waals surface area contributed by atoms with E-state index in [1.54, 1.807) is 12.1 Å². The number of phenolic OH excluding ortho intramolecular Hbond substituents is 1. The van der Waals surface area contributed by atoms with Crippen LogP contribution in [0.3, 0.4) is 0 Å². The van der Waals surface area contributed by atoms with Gasteiger partial charge in [0.1, 0.15) is 0 Å². The van der Waals surface area contributed by atoms with Crippen molar-refractivity contribution in [3.8, 4) is 5.75 Å². The summed E-state index contributed by atoms with van der Waals surface area (Å²) < 4.78 is 0.721. The molecule has 5 N–H and O–H groups in total. The van der Waals surface area contributed by atoms with Gasteiger partial charge in [0, 0.05) is 0 Å². The maximum atomic E-state index is 9.19. The Bertz CT molecular complexity index is 283. The van der Waals surface area contributed by atoms with Crippen molar-refractivity contribution in [2.45, 2.75) is 0 Å². The van der Waals surface area contributed by atoms with Gasteiger partial charge in [0.15, 0.2) is 0 Å². The first-order valence-corrected chi connectivity index (χ1v) is 8.89. The summed E-state index contributed by atoms with van der Waals surface area (Å²) in [4.78, 5) is 0. The fourth-order valence-electron chi connectivity index (χ4n) is 0.761. The monoisotopic (exact) mass is 268 g/mol. The molecule has 1 aromatic rings. The molecule has 6 heteroatoms. The molecule has 0 saturated heterocycles. The van der Waals surface area contributed by atoms with E-state index in [-0.39, 0.29) is 17.1 Å². The molecular weight excluding hydrogens is 262 g/mol. The molecule has 0 aliphatic carbocycles. The van der Waals surface area contributed by atoms with Gasteiger partial charge in [0.2, 0.25) is 0 Å². The molecule has 0 unspecified atom stereocenters. The zero-order valence-corrected chi connectivity index (χ0v) is 9.35. The third-order valence-electron chi connectivity index (χ3n) is 1.35. The fraction of sp³-hybridized carbons (Fsp3) is 0. The van der Waals surface area contributed by atoms with E-state index in [2.05, 4.69) is 0 Å². The van der Waals surface area contributed by atoms with Crippen molar-refractivity contribution >= 4 is 48.4 Å². The number of phenols is 1. The number of hydrogen-bond donors (Lipinski definition) is 3. The SMILES string of the molecule is Nc1cc([As](Cl)Cl)cc(N)c1O. The number of nitrogens with two attached hydrogens (primary N) is 2. The van der Waals surface area contributed by atoms with Crippen molar-refractivity contribution in [3.05, 3.63) is 12.1 Å². The molecule has 0 saturated carbocycles. The molecule has 1 aromatic carbocycles. The minimum absolute atomic E-state index is 0.108. The average Bonchev–Trinajstić information content (AvgIpc) is 1.99. The Kier molecular flexibility index (Phi) is 2.99. The molecule has 0 amide bonds. The molecule has 0 aliphatic rings. The van der Waals surface area contributed by atoms with Gasteiger partial charge in [0.05, 0.1) is 0 Å². The van der Waals surface area contributed by atoms with Crippen molar-refractivity contribution in [2.24, 2.45) is 0 Å². The second-order valence-electron chi connectivity index (χ2n) is 2.21. The third-order valence-corrected chi connectivity index (χ3v) is 4.74. The number of aromatic hydroxyl groups is 1. The van der Waals surface area contributed by atoms with Gasteiger partial charge in [-0.1, -0.05) is 0 Å². The van der Waals surface area contributed by atoms with Gasteiger partial charge in [-0.05, 0) is 0 Å². The summed E-state index contributed by atoms with van der Waals surface area (Å²) in [6.07, 6.45) is 0. The molecule has 66 valence electrons. The minimum atomic E-state index is -1.99. The van der Waals surface area contributed by atoms with E-state index in [9.17, 15) is 5.11 Å². The Morgan fingerprint density at radius 2 is 1.58 bits per heavy atom. The summed E-state index contributed by atoms with van der Waals surface area (Å²) in [6.45, 7) is 0. The average molecular weight is 269 g/mol. The van der Waals surface area contributed by atoms with Crippen molar-refractivity contribution in [1.29, 1.82) is 0 Å². The quantitative estimate of drug-likeness (QED) is 0.400. The number of hydrogen-bond acceptors (Lipinski definition) is 3. The Hall–Kier alpha value is -0.242. The molecule has 0 bridgehead atoms. The molecule has 0 spiro atoms. The topological polar surface area (TPSA) is 72.3 Å². The molecule has 0 heterocycles. The molecule has 0 fully saturated rings. The van der Waals surface area contributed by atoms with E-state index in [4.69, 9.17) is 31.4 Å². The van der Waals surface area contributed by atoms with Gasteiger partial charge in [-0.15, -0.1) is 0 Å². The van der Waals surface area contributed by atoms with Crippen molar-refractivity contribution in [1.82, 2.24) is 0 Å². The zero-order chi connectivity index (χ0) is 9.30. The number of rotatable bonds is 1. The van der Waals surface area contributed by atoms with Crippen molar-refractivity contribution in [3.63, 3.8) is 0 Å². The van der Waals surface area contributed by atoms with Crippen molar-refractivity contribution < 1.29 is 5.11 Å². The summed E-state index contributed by atoms with van der Waals surface area (Å²) in [5.41, 5.74) is 11.3. The van der Waals surface area contributed by atoms with Crippen LogP contribution in [-0.2, 0) is 0 Å². The second kappa shape index (κ2) is 3.65. The van der Waals surface area contributed by atoms with Crippen LogP contribution >= 0.6 is 19.9 Å². The number of anilines is 2. The van der Waals surface area contributed by atoms with Gasteiger partial charge >= 0.3 is 82.9 Å². The van der Waals surface area contributed by atoms with Crippen LogP contribution in [0, 0.1) is 0 Å². The van der Waals surface area contributed by atoms with Gasteiger partial charge in [-0.25, -0.2) is 0 Å². The first-order chi connectivity index (χ1) is 5.52. The molecule has 1 rings (SSSR count). The summed E-state index contributed by atoms with van der Waals surface area (Å²) in [5, 5.41) is 9.19. The van der Waals surface area contributed by atoms with Crippen LogP contribution in [-0.4, -0.2) is 17.9 Å². The van der Waals surface area contributed by atoms with E-state index in [1.165, 1.54) is 0 Å². The van der Waals surface area contributed by atoms with Gasteiger partial charge < -0.3 is 0 Å².